The Kier molecular flexibility index (Phi) is 5.59. The van der Waals surface area contributed by atoms with Crippen LogP contribution in [0.4, 0.5) is 5.69 Å². The van der Waals surface area contributed by atoms with Crippen LogP contribution in [0.25, 0.3) is 11.5 Å². The third kappa shape index (κ3) is 4.12. The number of benzene rings is 1. The van der Waals surface area contributed by atoms with Gasteiger partial charge in [0.2, 0.25) is 0 Å². The SMILES string of the molecule is COc1ccc(NC(=O)c2cnc(-c3ccccn3)nc2)cc1C(=O)N(C)C. The van der Waals surface area contributed by atoms with E-state index in [0.717, 1.165) is 0 Å². The zero-order valence-corrected chi connectivity index (χ0v) is 15.7. The number of rotatable bonds is 5. The molecule has 0 spiro atoms. The van der Waals surface area contributed by atoms with Gasteiger partial charge in [0, 0.05) is 38.4 Å². The third-order valence-corrected chi connectivity index (χ3v) is 3.90. The number of ether oxygens (including phenoxy) is 1. The summed E-state index contributed by atoms with van der Waals surface area (Å²) in [6.07, 6.45) is 4.51. The Labute approximate surface area is 162 Å². The molecule has 0 aliphatic heterocycles. The van der Waals surface area contributed by atoms with Crippen LogP contribution in [0.2, 0.25) is 0 Å². The molecule has 0 aliphatic carbocycles. The molecular weight excluding hydrogens is 358 g/mol. The molecule has 0 radical (unpaired) electrons. The molecule has 2 heterocycles. The molecule has 0 saturated heterocycles. The lowest BCUT2D eigenvalue weighted by Gasteiger charge is -2.15. The van der Waals surface area contributed by atoms with E-state index in [2.05, 4.69) is 20.3 Å². The van der Waals surface area contributed by atoms with Crippen molar-refractivity contribution in [3.05, 3.63) is 66.1 Å². The van der Waals surface area contributed by atoms with Gasteiger partial charge in [0.05, 0.1) is 18.2 Å². The first-order chi connectivity index (χ1) is 13.5. The molecule has 8 nitrogen and oxygen atoms in total. The van der Waals surface area contributed by atoms with E-state index in [-0.39, 0.29) is 17.4 Å². The van der Waals surface area contributed by atoms with Crippen LogP contribution >= 0.6 is 0 Å². The minimum atomic E-state index is -0.388. The van der Waals surface area contributed by atoms with Crippen molar-refractivity contribution < 1.29 is 14.3 Å². The summed E-state index contributed by atoms with van der Waals surface area (Å²) in [5.41, 5.74) is 1.73. The van der Waals surface area contributed by atoms with Crippen LogP contribution in [0.15, 0.2) is 55.0 Å². The van der Waals surface area contributed by atoms with Crippen molar-refractivity contribution in [3.63, 3.8) is 0 Å². The molecule has 28 heavy (non-hydrogen) atoms. The largest absolute Gasteiger partial charge is 0.496 e. The summed E-state index contributed by atoms with van der Waals surface area (Å²) in [7, 11) is 4.78. The zero-order chi connectivity index (χ0) is 20.1. The highest BCUT2D eigenvalue weighted by atomic mass is 16.5. The van der Waals surface area contributed by atoms with Crippen LogP contribution in [0, 0.1) is 0 Å². The van der Waals surface area contributed by atoms with Gasteiger partial charge in [-0.25, -0.2) is 9.97 Å². The minimum absolute atomic E-state index is 0.226. The van der Waals surface area contributed by atoms with E-state index >= 15 is 0 Å². The normalized spacial score (nSPS) is 10.2. The molecule has 3 rings (SSSR count). The van der Waals surface area contributed by atoms with E-state index in [9.17, 15) is 9.59 Å². The van der Waals surface area contributed by atoms with Crippen molar-refractivity contribution in [2.45, 2.75) is 0 Å². The van der Waals surface area contributed by atoms with Gasteiger partial charge in [0.15, 0.2) is 5.82 Å². The standard InChI is InChI=1S/C20H19N5O3/c1-25(2)20(27)15-10-14(7-8-17(15)28-3)24-19(26)13-11-22-18(23-12-13)16-6-4-5-9-21-16/h4-12H,1-3H3,(H,24,26). The number of amides is 2. The van der Waals surface area contributed by atoms with Gasteiger partial charge in [-0.05, 0) is 30.3 Å². The lowest BCUT2D eigenvalue weighted by molar-refractivity contribution is 0.0824. The number of aromatic nitrogens is 3. The Bertz CT molecular complexity index is 988. The Morgan fingerprint density at radius 3 is 2.39 bits per heavy atom. The minimum Gasteiger partial charge on any atom is -0.496 e. The lowest BCUT2D eigenvalue weighted by atomic mass is 10.1. The number of nitrogens with zero attached hydrogens (tertiary/aromatic N) is 4. The molecule has 142 valence electrons. The summed E-state index contributed by atoms with van der Waals surface area (Å²) in [6.45, 7) is 0. The van der Waals surface area contributed by atoms with Crippen LogP contribution in [-0.4, -0.2) is 52.9 Å². The maximum atomic E-state index is 12.5. The number of nitrogens with one attached hydrogen (secondary N) is 1. The fourth-order valence-electron chi connectivity index (χ4n) is 2.47. The number of anilines is 1. The summed E-state index contributed by atoms with van der Waals surface area (Å²) in [6, 6.07) is 10.3. The highest BCUT2D eigenvalue weighted by Gasteiger charge is 2.16. The Morgan fingerprint density at radius 2 is 1.79 bits per heavy atom. The average molecular weight is 377 g/mol. The number of carbonyl (C=O) groups is 2. The maximum Gasteiger partial charge on any atom is 0.258 e. The molecule has 2 amide bonds. The number of pyridine rings is 1. The lowest BCUT2D eigenvalue weighted by Crippen LogP contribution is -2.22. The topological polar surface area (TPSA) is 97.3 Å². The number of hydrogen-bond donors (Lipinski definition) is 1. The highest BCUT2D eigenvalue weighted by molar-refractivity contribution is 6.05. The third-order valence-electron chi connectivity index (χ3n) is 3.90. The van der Waals surface area contributed by atoms with E-state index in [0.29, 0.717) is 28.5 Å². The second-order valence-electron chi connectivity index (χ2n) is 6.08. The number of carbonyl (C=O) groups excluding carboxylic acids is 2. The van der Waals surface area contributed by atoms with E-state index in [4.69, 9.17) is 4.74 Å². The number of methoxy groups -OCH3 is 1. The summed E-state index contributed by atoms with van der Waals surface area (Å²) in [5, 5.41) is 2.74. The van der Waals surface area contributed by atoms with Gasteiger partial charge in [0.1, 0.15) is 11.4 Å². The van der Waals surface area contributed by atoms with Gasteiger partial charge in [-0.3, -0.25) is 14.6 Å². The molecule has 0 fully saturated rings. The highest BCUT2D eigenvalue weighted by Crippen LogP contribution is 2.24. The molecule has 0 saturated carbocycles. The van der Waals surface area contributed by atoms with Gasteiger partial charge in [-0.1, -0.05) is 6.07 Å². The molecule has 3 aromatic rings. The molecule has 0 bridgehead atoms. The summed E-state index contributed by atoms with van der Waals surface area (Å²) in [5.74, 6) is 0.247. The molecular formula is C20H19N5O3. The van der Waals surface area contributed by atoms with Gasteiger partial charge in [-0.15, -0.1) is 0 Å². The predicted octanol–water partition coefficient (Wildman–Crippen LogP) is 2.50. The Morgan fingerprint density at radius 1 is 1.04 bits per heavy atom. The van der Waals surface area contributed by atoms with Crippen molar-refractivity contribution in [3.8, 4) is 17.3 Å². The van der Waals surface area contributed by atoms with Crippen molar-refractivity contribution in [1.82, 2.24) is 19.9 Å². The van der Waals surface area contributed by atoms with Crippen LogP contribution in [-0.2, 0) is 0 Å². The van der Waals surface area contributed by atoms with Crippen LogP contribution in [0.3, 0.4) is 0 Å². The molecule has 8 heteroatoms. The van der Waals surface area contributed by atoms with E-state index in [1.807, 2.05) is 6.07 Å². The van der Waals surface area contributed by atoms with E-state index < -0.39 is 0 Å². The van der Waals surface area contributed by atoms with Crippen LogP contribution in [0.1, 0.15) is 20.7 Å². The first kappa shape index (κ1) is 19.0. The van der Waals surface area contributed by atoms with Gasteiger partial charge in [-0.2, -0.15) is 0 Å². The molecule has 0 unspecified atom stereocenters. The Hall–Kier alpha value is -3.81. The van der Waals surface area contributed by atoms with Gasteiger partial charge >= 0.3 is 0 Å². The monoisotopic (exact) mass is 377 g/mol. The molecule has 0 aliphatic rings. The number of hydrogen-bond acceptors (Lipinski definition) is 6. The second kappa shape index (κ2) is 8.26. The summed E-state index contributed by atoms with van der Waals surface area (Å²) < 4.78 is 5.23. The maximum absolute atomic E-state index is 12.5. The first-order valence-corrected chi connectivity index (χ1v) is 8.44. The van der Waals surface area contributed by atoms with Crippen LogP contribution in [0.5, 0.6) is 5.75 Å². The van der Waals surface area contributed by atoms with Crippen molar-refractivity contribution in [2.75, 3.05) is 26.5 Å². The zero-order valence-electron chi connectivity index (χ0n) is 15.7. The quantitative estimate of drug-likeness (QED) is 0.734. The second-order valence-corrected chi connectivity index (χ2v) is 6.08. The fourth-order valence-corrected chi connectivity index (χ4v) is 2.47. The van der Waals surface area contributed by atoms with Crippen LogP contribution < -0.4 is 10.1 Å². The van der Waals surface area contributed by atoms with Gasteiger partial charge < -0.3 is 15.0 Å². The molecule has 1 aromatic carbocycles. The van der Waals surface area contributed by atoms with Crippen molar-refractivity contribution in [1.29, 1.82) is 0 Å². The first-order valence-electron chi connectivity index (χ1n) is 8.44. The molecule has 1 N–H and O–H groups in total. The summed E-state index contributed by atoms with van der Waals surface area (Å²) >= 11 is 0. The van der Waals surface area contributed by atoms with E-state index in [1.54, 1.807) is 50.6 Å². The summed E-state index contributed by atoms with van der Waals surface area (Å²) in [4.78, 5) is 38.8. The molecule has 2 aromatic heterocycles. The van der Waals surface area contributed by atoms with Crippen molar-refractivity contribution >= 4 is 17.5 Å². The van der Waals surface area contributed by atoms with Crippen molar-refractivity contribution in [2.24, 2.45) is 0 Å². The fraction of sp³-hybridized carbons (Fsp3) is 0.150. The Balaban J connectivity index is 1.79. The average Bonchev–Trinajstić information content (AvgIpc) is 2.73. The molecule has 0 atom stereocenters. The van der Waals surface area contributed by atoms with Gasteiger partial charge in [0.25, 0.3) is 11.8 Å². The van der Waals surface area contributed by atoms with E-state index in [1.165, 1.54) is 24.4 Å². The predicted molar refractivity (Wildman–Crippen MR) is 104 cm³/mol. The smallest absolute Gasteiger partial charge is 0.258 e.